The molecule has 0 aliphatic heterocycles. The molecule has 2 aliphatic rings. The highest BCUT2D eigenvalue weighted by Gasteiger charge is 2.77. The summed E-state index contributed by atoms with van der Waals surface area (Å²) >= 11 is 0. The van der Waals surface area contributed by atoms with E-state index in [2.05, 4.69) is 0 Å². The first-order valence-corrected chi connectivity index (χ1v) is 4.84. The van der Waals surface area contributed by atoms with Gasteiger partial charge >= 0.3 is 5.97 Å². The molecule has 0 saturated heterocycles. The summed E-state index contributed by atoms with van der Waals surface area (Å²) in [6.07, 6.45) is -1.36. The van der Waals surface area contributed by atoms with Gasteiger partial charge in [-0.1, -0.05) is 0 Å². The van der Waals surface area contributed by atoms with Crippen LogP contribution in [0, 0.1) is 17.8 Å². The van der Waals surface area contributed by atoms with Crippen molar-refractivity contribution in [2.45, 2.75) is 30.8 Å². The van der Waals surface area contributed by atoms with Crippen molar-refractivity contribution >= 4 is 5.97 Å². The average Bonchev–Trinajstić information content (AvgIpc) is 2.70. The maximum Gasteiger partial charge on any atom is 0.326 e. The summed E-state index contributed by atoms with van der Waals surface area (Å²) in [6, 6.07) is 0. The predicted octanol–water partition coefficient (Wildman–Crippen LogP) is -1.90. The molecule has 0 aromatic rings. The van der Waals surface area contributed by atoms with E-state index in [1.54, 1.807) is 0 Å². The Kier molecular flexibility index (Phi) is 1.95. The van der Waals surface area contributed by atoms with E-state index in [4.69, 9.17) is 21.1 Å². The summed E-state index contributed by atoms with van der Waals surface area (Å²) in [4.78, 5) is 11.1. The Hall–Kier alpha value is -0.690. The van der Waals surface area contributed by atoms with Gasteiger partial charge in [-0.25, -0.2) is 0 Å². The Balaban J connectivity index is 2.31. The molecule has 6 nitrogen and oxygen atoms in total. The molecule has 0 aromatic carbocycles. The molecule has 0 aromatic heterocycles. The molecule has 2 aliphatic carbocycles. The first kappa shape index (κ1) is 10.8. The molecule has 5 unspecified atom stereocenters. The van der Waals surface area contributed by atoms with Gasteiger partial charge in [0.2, 0.25) is 0 Å². The highest BCUT2D eigenvalue weighted by Crippen LogP contribution is 2.65. The fourth-order valence-electron chi connectivity index (χ4n) is 3.07. The van der Waals surface area contributed by atoms with E-state index in [-0.39, 0.29) is 12.3 Å². The zero-order valence-electron chi connectivity index (χ0n) is 8.29. The lowest BCUT2D eigenvalue weighted by atomic mass is 9.79. The maximum absolute atomic E-state index is 11.1. The number of hydrogen-bond acceptors (Lipinski definition) is 5. The number of rotatable bonds is 2. The van der Waals surface area contributed by atoms with Crippen LogP contribution in [0.4, 0.5) is 0 Å². The van der Waals surface area contributed by atoms with Crippen molar-refractivity contribution in [3.05, 3.63) is 0 Å². The fourth-order valence-corrected chi connectivity index (χ4v) is 3.07. The number of nitrogens with two attached hydrogens (primary N) is 1. The van der Waals surface area contributed by atoms with Crippen molar-refractivity contribution in [1.29, 1.82) is 0 Å². The highest BCUT2D eigenvalue weighted by atomic mass is 16.5. The second kappa shape index (κ2) is 2.70. The van der Waals surface area contributed by atoms with Crippen LogP contribution in [0.2, 0.25) is 0 Å². The first-order valence-electron chi connectivity index (χ1n) is 4.84. The van der Waals surface area contributed by atoms with E-state index in [9.17, 15) is 9.90 Å². The number of carbonyl (C=O) groups is 1. The number of aliphatic hydroxyl groups is 3. The van der Waals surface area contributed by atoms with E-state index in [1.807, 2.05) is 0 Å². The van der Waals surface area contributed by atoms with Crippen molar-refractivity contribution in [3.8, 4) is 0 Å². The largest absolute Gasteiger partial charge is 0.480 e. The predicted molar refractivity (Wildman–Crippen MR) is 48.5 cm³/mol. The van der Waals surface area contributed by atoms with Crippen LogP contribution in [-0.2, 0) is 4.79 Å². The van der Waals surface area contributed by atoms with Gasteiger partial charge in [0.25, 0.3) is 0 Å². The second-order valence-corrected chi connectivity index (χ2v) is 4.83. The van der Waals surface area contributed by atoms with Gasteiger partial charge in [0, 0.05) is 11.8 Å². The third kappa shape index (κ3) is 1.10. The molecule has 6 N–H and O–H groups in total. The van der Waals surface area contributed by atoms with Crippen LogP contribution in [-0.4, -0.2) is 43.8 Å². The Morgan fingerprint density at radius 2 is 2.07 bits per heavy atom. The molecule has 2 fully saturated rings. The minimum Gasteiger partial charge on any atom is -0.480 e. The maximum atomic E-state index is 11.1. The summed E-state index contributed by atoms with van der Waals surface area (Å²) in [5, 5.41) is 37.0. The van der Waals surface area contributed by atoms with E-state index in [0.29, 0.717) is 0 Å². The molecule has 86 valence electrons. The lowest BCUT2D eigenvalue weighted by Crippen LogP contribution is -2.64. The van der Waals surface area contributed by atoms with Gasteiger partial charge in [0.05, 0.1) is 5.60 Å². The van der Waals surface area contributed by atoms with E-state index >= 15 is 0 Å². The molecule has 5 atom stereocenters. The van der Waals surface area contributed by atoms with Gasteiger partial charge < -0.3 is 26.2 Å². The summed E-state index contributed by atoms with van der Waals surface area (Å²) in [5.41, 5.74) is 2.46. The molecule has 6 heteroatoms. The molecule has 0 bridgehead atoms. The van der Waals surface area contributed by atoms with Gasteiger partial charge in [-0.05, 0) is 19.3 Å². The monoisotopic (exact) mass is 217 g/mol. The zero-order valence-corrected chi connectivity index (χ0v) is 8.29. The van der Waals surface area contributed by atoms with Crippen LogP contribution in [0.3, 0.4) is 0 Å². The lowest BCUT2D eigenvalue weighted by Gasteiger charge is -2.36. The quantitative estimate of drug-likeness (QED) is 0.344. The smallest absolute Gasteiger partial charge is 0.326 e. The summed E-state index contributed by atoms with van der Waals surface area (Å²) in [7, 11) is 0. The topological polar surface area (TPSA) is 124 Å². The van der Waals surface area contributed by atoms with Crippen LogP contribution in [0.15, 0.2) is 0 Å². The molecule has 2 rings (SSSR count). The molecule has 0 radical (unpaired) electrons. The summed E-state index contributed by atoms with van der Waals surface area (Å²) < 4.78 is 0. The van der Waals surface area contributed by atoms with Crippen LogP contribution >= 0.6 is 0 Å². The van der Waals surface area contributed by atoms with Crippen LogP contribution < -0.4 is 5.73 Å². The van der Waals surface area contributed by atoms with E-state index < -0.39 is 35.2 Å². The van der Waals surface area contributed by atoms with Crippen molar-refractivity contribution in [2.75, 3.05) is 0 Å². The standard InChI is InChI=1S/C9H15NO5/c1-8(15)2-3-4(6(11)12)5(3)9(8,10)7(13)14/h3-6,11-12,15H,2,10H2,1H3,(H,13,14). The zero-order chi connectivity index (χ0) is 11.6. The normalized spacial score (nSPS) is 53.1. The van der Waals surface area contributed by atoms with Crippen molar-refractivity contribution in [3.63, 3.8) is 0 Å². The summed E-state index contributed by atoms with van der Waals surface area (Å²) in [6.45, 7) is 1.38. The number of fused-ring (bicyclic) bond motifs is 1. The molecular formula is C9H15NO5. The average molecular weight is 217 g/mol. The van der Waals surface area contributed by atoms with E-state index in [1.165, 1.54) is 6.92 Å². The third-order valence-corrected chi connectivity index (χ3v) is 3.98. The minimum atomic E-state index is -1.77. The SMILES string of the molecule is CC1(O)CC2C(C(O)O)C2C1(N)C(=O)O. The molecule has 0 amide bonds. The Morgan fingerprint density at radius 1 is 1.53 bits per heavy atom. The van der Waals surface area contributed by atoms with Crippen molar-refractivity contribution in [1.82, 2.24) is 0 Å². The van der Waals surface area contributed by atoms with Crippen LogP contribution in [0.5, 0.6) is 0 Å². The molecule has 0 heterocycles. The van der Waals surface area contributed by atoms with Crippen molar-refractivity contribution < 1.29 is 25.2 Å². The number of aliphatic carboxylic acids is 1. The molecule has 2 saturated carbocycles. The number of hydrogen-bond donors (Lipinski definition) is 5. The minimum absolute atomic E-state index is 0.197. The van der Waals surface area contributed by atoms with Gasteiger partial charge in [-0.3, -0.25) is 4.79 Å². The van der Waals surface area contributed by atoms with Crippen molar-refractivity contribution in [2.24, 2.45) is 23.5 Å². The second-order valence-electron chi connectivity index (χ2n) is 4.83. The molecular weight excluding hydrogens is 202 g/mol. The lowest BCUT2D eigenvalue weighted by molar-refractivity contribution is -0.156. The van der Waals surface area contributed by atoms with Gasteiger partial charge in [-0.2, -0.15) is 0 Å². The molecule has 0 spiro atoms. The number of carboxylic acid groups (broad SMARTS) is 1. The molecule has 15 heavy (non-hydrogen) atoms. The highest BCUT2D eigenvalue weighted by molar-refractivity contribution is 5.82. The number of carboxylic acids is 1. The summed E-state index contributed by atoms with van der Waals surface area (Å²) in [5.74, 6) is -2.57. The fraction of sp³-hybridized carbons (Fsp3) is 0.889. The van der Waals surface area contributed by atoms with Crippen LogP contribution in [0.25, 0.3) is 0 Å². The Labute approximate surface area is 86.3 Å². The van der Waals surface area contributed by atoms with E-state index in [0.717, 1.165) is 0 Å². The van der Waals surface area contributed by atoms with Gasteiger partial charge in [0.1, 0.15) is 5.54 Å². The first-order chi connectivity index (χ1) is 6.73. The Morgan fingerprint density at radius 3 is 2.47 bits per heavy atom. The van der Waals surface area contributed by atoms with Gasteiger partial charge in [0.15, 0.2) is 6.29 Å². The van der Waals surface area contributed by atoms with Gasteiger partial charge in [-0.15, -0.1) is 0 Å². The number of aliphatic hydroxyl groups excluding tert-OH is 1. The Bertz CT molecular complexity index is 316. The third-order valence-electron chi connectivity index (χ3n) is 3.98. The van der Waals surface area contributed by atoms with Crippen LogP contribution in [0.1, 0.15) is 13.3 Å².